The maximum absolute atomic E-state index is 12.3. The van der Waals surface area contributed by atoms with Crippen LogP contribution in [-0.4, -0.2) is 32.5 Å². The summed E-state index contributed by atoms with van der Waals surface area (Å²) in [6.45, 7) is 3.80. The number of carbonyl (C=O) groups is 2. The maximum atomic E-state index is 12.3. The highest BCUT2D eigenvalue weighted by Crippen LogP contribution is 2.32. The molecule has 2 N–H and O–H groups in total. The topological polar surface area (TPSA) is 92.2 Å². The molecule has 2 rings (SSSR count). The standard InChI is InChI=1S/C14H19N3O3/c1-9-3-5-14(6-4-9,13(19)20)17-12(18)11-7-15-8-16-10(11)2/h7-9H,3-6H2,1-2H3,(H,17,18)(H,19,20). The van der Waals surface area contributed by atoms with E-state index < -0.39 is 17.4 Å². The number of carbonyl (C=O) groups excluding carboxylic acids is 1. The molecule has 108 valence electrons. The summed E-state index contributed by atoms with van der Waals surface area (Å²) < 4.78 is 0. The zero-order valence-electron chi connectivity index (χ0n) is 11.7. The predicted octanol–water partition coefficient (Wildman–Crippen LogP) is 1.55. The lowest BCUT2D eigenvalue weighted by molar-refractivity contribution is -0.146. The average Bonchev–Trinajstić information content (AvgIpc) is 2.41. The van der Waals surface area contributed by atoms with Gasteiger partial charge in [-0.15, -0.1) is 0 Å². The van der Waals surface area contributed by atoms with Gasteiger partial charge in [0, 0.05) is 6.20 Å². The molecule has 1 saturated carbocycles. The zero-order chi connectivity index (χ0) is 14.8. The van der Waals surface area contributed by atoms with Crippen molar-refractivity contribution in [2.45, 2.75) is 45.1 Å². The van der Waals surface area contributed by atoms with Crippen molar-refractivity contribution >= 4 is 11.9 Å². The fourth-order valence-electron chi connectivity index (χ4n) is 2.55. The summed E-state index contributed by atoms with van der Waals surface area (Å²) in [4.78, 5) is 31.6. The first-order valence-corrected chi connectivity index (χ1v) is 6.77. The van der Waals surface area contributed by atoms with E-state index in [0.29, 0.717) is 30.0 Å². The second-order valence-electron chi connectivity index (χ2n) is 5.55. The summed E-state index contributed by atoms with van der Waals surface area (Å²) >= 11 is 0. The van der Waals surface area contributed by atoms with Crippen LogP contribution >= 0.6 is 0 Å². The van der Waals surface area contributed by atoms with Crippen LogP contribution in [0.5, 0.6) is 0 Å². The fourth-order valence-corrected chi connectivity index (χ4v) is 2.55. The molecule has 1 amide bonds. The summed E-state index contributed by atoms with van der Waals surface area (Å²) in [6, 6.07) is 0. The number of hydrogen-bond donors (Lipinski definition) is 2. The Balaban J connectivity index is 2.19. The Hall–Kier alpha value is -1.98. The van der Waals surface area contributed by atoms with Gasteiger partial charge in [0.15, 0.2) is 0 Å². The summed E-state index contributed by atoms with van der Waals surface area (Å²) in [5.74, 6) is -0.881. The highest BCUT2D eigenvalue weighted by atomic mass is 16.4. The van der Waals surface area contributed by atoms with E-state index in [1.165, 1.54) is 12.5 Å². The molecular weight excluding hydrogens is 258 g/mol. The van der Waals surface area contributed by atoms with Gasteiger partial charge < -0.3 is 10.4 Å². The Kier molecular flexibility index (Phi) is 4.01. The molecule has 0 bridgehead atoms. The molecule has 1 aromatic rings. The average molecular weight is 277 g/mol. The molecule has 20 heavy (non-hydrogen) atoms. The molecule has 1 fully saturated rings. The molecule has 0 aromatic carbocycles. The molecule has 1 aromatic heterocycles. The van der Waals surface area contributed by atoms with Crippen molar-refractivity contribution in [1.29, 1.82) is 0 Å². The van der Waals surface area contributed by atoms with Gasteiger partial charge in [0.05, 0.1) is 11.3 Å². The molecule has 0 atom stereocenters. The Morgan fingerprint density at radius 2 is 2.05 bits per heavy atom. The molecule has 0 saturated heterocycles. The Labute approximate surface area is 117 Å². The molecule has 0 aliphatic heterocycles. The number of hydrogen-bond acceptors (Lipinski definition) is 4. The van der Waals surface area contributed by atoms with Gasteiger partial charge in [-0.1, -0.05) is 6.92 Å². The van der Waals surface area contributed by atoms with E-state index in [0.717, 1.165) is 12.8 Å². The van der Waals surface area contributed by atoms with Crippen LogP contribution in [0.4, 0.5) is 0 Å². The molecular formula is C14H19N3O3. The van der Waals surface area contributed by atoms with Crippen LogP contribution in [0.15, 0.2) is 12.5 Å². The highest BCUT2D eigenvalue weighted by Gasteiger charge is 2.42. The van der Waals surface area contributed by atoms with Crippen molar-refractivity contribution in [2.75, 3.05) is 0 Å². The van der Waals surface area contributed by atoms with Crippen LogP contribution in [0, 0.1) is 12.8 Å². The molecule has 6 heteroatoms. The van der Waals surface area contributed by atoms with Crippen molar-refractivity contribution in [3.63, 3.8) is 0 Å². The smallest absolute Gasteiger partial charge is 0.329 e. The van der Waals surface area contributed by atoms with Gasteiger partial charge in [-0.25, -0.2) is 14.8 Å². The van der Waals surface area contributed by atoms with E-state index in [2.05, 4.69) is 22.2 Å². The van der Waals surface area contributed by atoms with Crippen LogP contribution < -0.4 is 5.32 Å². The molecule has 0 unspecified atom stereocenters. The number of carboxylic acid groups (broad SMARTS) is 1. The molecule has 0 spiro atoms. The second-order valence-corrected chi connectivity index (χ2v) is 5.55. The first-order valence-electron chi connectivity index (χ1n) is 6.77. The van der Waals surface area contributed by atoms with Crippen molar-refractivity contribution in [3.8, 4) is 0 Å². The summed E-state index contributed by atoms with van der Waals surface area (Å²) in [5, 5.41) is 12.2. The van der Waals surface area contributed by atoms with Gasteiger partial charge in [0.1, 0.15) is 11.9 Å². The van der Waals surface area contributed by atoms with E-state index in [1.807, 2.05) is 0 Å². The van der Waals surface area contributed by atoms with Gasteiger partial charge in [-0.2, -0.15) is 0 Å². The minimum Gasteiger partial charge on any atom is -0.480 e. The number of carboxylic acids is 1. The SMILES string of the molecule is Cc1ncncc1C(=O)NC1(C(=O)O)CCC(C)CC1. The number of aliphatic carboxylic acids is 1. The van der Waals surface area contributed by atoms with Crippen LogP contribution in [0.3, 0.4) is 0 Å². The third kappa shape index (κ3) is 2.79. The lowest BCUT2D eigenvalue weighted by atomic mass is 9.77. The quantitative estimate of drug-likeness (QED) is 0.874. The third-order valence-corrected chi connectivity index (χ3v) is 4.05. The summed E-state index contributed by atoms with van der Waals surface area (Å²) in [5.41, 5.74) is -0.291. The normalized spacial score (nSPS) is 26.0. The third-order valence-electron chi connectivity index (χ3n) is 4.05. The zero-order valence-corrected chi connectivity index (χ0v) is 11.7. The summed E-state index contributed by atoms with van der Waals surface area (Å²) in [7, 11) is 0. The fraction of sp³-hybridized carbons (Fsp3) is 0.571. The van der Waals surface area contributed by atoms with Gasteiger partial charge in [-0.3, -0.25) is 4.79 Å². The number of rotatable bonds is 3. The first-order chi connectivity index (χ1) is 9.44. The van der Waals surface area contributed by atoms with Crippen LogP contribution in [0.2, 0.25) is 0 Å². The van der Waals surface area contributed by atoms with Crippen molar-refractivity contribution < 1.29 is 14.7 Å². The first kappa shape index (κ1) is 14.4. The van der Waals surface area contributed by atoms with Crippen molar-refractivity contribution in [1.82, 2.24) is 15.3 Å². The van der Waals surface area contributed by atoms with Gasteiger partial charge in [0.2, 0.25) is 0 Å². The maximum Gasteiger partial charge on any atom is 0.329 e. The Morgan fingerprint density at radius 3 is 2.60 bits per heavy atom. The highest BCUT2D eigenvalue weighted by molar-refractivity contribution is 5.98. The Morgan fingerprint density at radius 1 is 1.40 bits per heavy atom. The number of amides is 1. The minimum absolute atomic E-state index is 0.326. The molecule has 1 aliphatic carbocycles. The second kappa shape index (κ2) is 5.56. The van der Waals surface area contributed by atoms with E-state index in [1.54, 1.807) is 6.92 Å². The lowest BCUT2D eigenvalue weighted by Gasteiger charge is -2.36. The largest absolute Gasteiger partial charge is 0.480 e. The van der Waals surface area contributed by atoms with E-state index >= 15 is 0 Å². The number of aromatic nitrogens is 2. The summed E-state index contributed by atoms with van der Waals surface area (Å²) in [6.07, 6.45) is 5.30. The van der Waals surface area contributed by atoms with Crippen LogP contribution in [0.1, 0.15) is 48.7 Å². The number of aryl methyl sites for hydroxylation is 1. The minimum atomic E-state index is -1.16. The van der Waals surface area contributed by atoms with Gasteiger partial charge in [0.25, 0.3) is 5.91 Å². The van der Waals surface area contributed by atoms with E-state index in [9.17, 15) is 14.7 Å². The Bertz CT molecular complexity index is 522. The molecule has 1 heterocycles. The van der Waals surface area contributed by atoms with Gasteiger partial charge in [-0.05, 0) is 38.5 Å². The van der Waals surface area contributed by atoms with E-state index in [-0.39, 0.29) is 0 Å². The number of nitrogens with one attached hydrogen (secondary N) is 1. The predicted molar refractivity (Wildman–Crippen MR) is 72.2 cm³/mol. The van der Waals surface area contributed by atoms with Crippen molar-refractivity contribution in [3.05, 3.63) is 23.8 Å². The molecule has 0 radical (unpaired) electrons. The monoisotopic (exact) mass is 277 g/mol. The van der Waals surface area contributed by atoms with Gasteiger partial charge >= 0.3 is 5.97 Å². The van der Waals surface area contributed by atoms with Crippen LogP contribution in [0.25, 0.3) is 0 Å². The van der Waals surface area contributed by atoms with E-state index in [4.69, 9.17) is 0 Å². The lowest BCUT2D eigenvalue weighted by Crippen LogP contribution is -2.56. The number of nitrogens with zero attached hydrogens (tertiary/aromatic N) is 2. The van der Waals surface area contributed by atoms with Crippen molar-refractivity contribution in [2.24, 2.45) is 5.92 Å². The van der Waals surface area contributed by atoms with Crippen LogP contribution in [-0.2, 0) is 4.79 Å². The molecule has 1 aliphatic rings. The molecule has 6 nitrogen and oxygen atoms in total.